The number of anilines is 1. The van der Waals surface area contributed by atoms with Gasteiger partial charge in [-0.05, 0) is 44.7 Å². The van der Waals surface area contributed by atoms with Crippen molar-refractivity contribution < 1.29 is 0 Å². The van der Waals surface area contributed by atoms with E-state index in [2.05, 4.69) is 27.2 Å². The standard InChI is InChI=1S/C15H18N4/c1-11(13-7-4-5-9-16-13)19-15-12-6-2-3-8-14(12)17-10-18-15/h4-5,7,9-11H,2-3,6,8H2,1H3,(H,17,18,19). The van der Waals surface area contributed by atoms with Gasteiger partial charge >= 0.3 is 0 Å². The summed E-state index contributed by atoms with van der Waals surface area (Å²) in [6, 6.07) is 6.13. The lowest BCUT2D eigenvalue weighted by atomic mass is 9.96. The fraction of sp³-hybridized carbons (Fsp3) is 0.400. The van der Waals surface area contributed by atoms with Crippen LogP contribution in [0.2, 0.25) is 0 Å². The molecule has 0 aromatic carbocycles. The zero-order valence-electron chi connectivity index (χ0n) is 11.1. The van der Waals surface area contributed by atoms with E-state index in [1.54, 1.807) is 6.33 Å². The molecular weight excluding hydrogens is 236 g/mol. The second-order valence-electron chi connectivity index (χ2n) is 4.98. The van der Waals surface area contributed by atoms with Gasteiger partial charge in [0, 0.05) is 17.5 Å². The Morgan fingerprint density at radius 3 is 2.84 bits per heavy atom. The molecule has 2 heterocycles. The Hall–Kier alpha value is -1.97. The average molecular weight is 254 g/mol. The minimum absolute atomic E-state index is 0.155. The molecule has 0 spiro atoms. The first-order chi connectivity index (χ1) is 9.34. The Morgan fingerprint density at radius 1 is 1.11 bits per heavy atom. The van der Waals surface area contributed by atoms with Crippen LogP contribution in [-0.4, -0.2) is 15.0 Å². The van der Waals surface area contributed by atoms with Gasteiger partial charge in [0.1, 0.15) is 12.1 Å². The number of pyridine rings is 1. The third-order valence-corrected chi connectivity index (χ3v) is 3.61. The van der Waals surface area contributed by atoms with Gasteiger partial charge in [0.25, 0.3) is 0 Å². The van der Waals surface area contributed by atoms with Crippen molar-refractivity contribution in [3.63, 3.8) is 0 Å². The number of nitrogens with zero attached hydrogens (tertiary/aromatic N) is 3. The monoisotopic (exact) mass is 254 g/mol. The predicted molar refractivity (Wildman–Crippen MR) is 74.9 cm³/mol. The molecule has 19 heavy (non-hydrogen) atoms. The molecule has 0 bridgehead atoms. The quantitative estimate of drug-likeness (QED) is 0.915. The van der Waals surface area contributed by atoms with Gasteiger partial charge in [-0.3, -0.25) is 4.98 Å². The minimum atomic E-state index is 0.155. The first-order valence-electron chi connectivity index (χ1n) is 6.85. The van der Waals surface area contributed by atoms with E-state index in [1.165, 1.54) is 24.1 Å². The van der Waals surface area contributed by atoms with Crippen LogP contribution in [0, 0.1) is 0 Å². The Labute approximate surface area is 113 Å². The van der Waals surface area contributed by atoms with Crippen LogP contribution in [-0.2, 0) is 12.8 Å². The van der Waals surface area contributed by atoms with Crippen molar-refractivity contribution in [2.75, 3.05) is 5.32 Å². The summed E-state index contributed by atoms with van der Waals surface area (Å²) in [7, 11) is 0. The molecule has 0 aliphatic heterocycles. The Balaban J connectivity index is 1.84. The summed E-state index contributed by atoms with van der Waals surface area (Å²) in [5, 5.41) is 3.47. The first-order valence-corrected chi connectivity index (χ1v) is 6.85. The molecule has 3 rings (SSSR count). The summed E-state index contributed by atoms with van der Waals surface area (Å²) in [6.07, 6.45) is 8.10. The molecule has 0 saturated carbocycles. The van der Waals surface area contributed by atoms with E-state index < -0.39 is 0 Å². The highest BCUT2D eigenvalue weighted by molar-refractivity contribution is 5.48. The first kappa shape index (κ1) is 12.1. The fourth-order valence-corrected chi connectivity index (χ4v) is 2.56. The summed E-state index contributed by atoms with van der Waals surface area (Å²) in [6.45, 7) is 2.11. The average Bonchev–Trinajstić information content (AvgIpc) is 2.48. The molecule has 0 saturated heterocycles. The third-order valence-electron chi connectivity index (χ3n) is 3.61. The van der Waals surface area contributed by atoms with Crippen molar-refractivity contribution in [1.82, 2.24) is 15.0 Å². The normalized spacial score (nSPS) is 15.6. The fourth-order valence-electron chi connectivity index (χ4n) is 2.56. The van der Waals surface area contributed by atoms with Crippen LogP contribution in [0.25, 0.3) is 0 Å². The topological polar surface area (TPSA) is 50.7 Å². The minimum Gasteiger partial charge on any atom is -0.362 e. The molecule has 0 fully saturated rings. The van der Waals surface area contributed by atoms with Gasteiger partial charge in [-0.25, -0.2) is 9.97 Å². The second kappa shape index (κ2) is 5.34. The van der Waals surface area contributed by atoms with Gasteiger partial charge in [0.15, 0.2) is 0 Å². The molecule has 98 valence electrons. The highest BCUT2D eigenvalue weighted by atomic mass is 15.0. The zero-order chi connectivity index (χ0) is 13.1. The Kier molecular flexibility index (Phi) is 3.40. The van der Waals surface area contributed by atoms with Crippen molar-refractivity contribution in [3.8, 4) is 0 Å². The summed E-state index contributed by atoms with van der Waals surface area (Å²) < 4.78 is 0. The number of fused-ring (bicyclic) bond motifs is 1. The third kappa shape index (κ3) is 2.57. The van der Waals surface area contributed by atoms with Crippen LogP contribution >= 0.6 is 0 Å². The van der Waals surface area contributed by atoms with Crippen molar-refractivity contribution in [2.24, 2.45) is 0 Å². The van der Waals surface area contributed by atoms with Gasteiger partial charge in [0.2, 0.25) is 0 Å². The number of hydrogen-bond acceptors (Lipinski definition) is 4. The van der Waals surface area contributed by atoms with Gasteiger partial charge in [-0.1, -0.05) is 6.07 Å². The van der Waals surface area contributed by atoms with E-state index in [4.69, 9.17) is 0 Å². The summed E-state index contributed by atoms with van der Waals surface area (Å²) in [5.74, 6) is 0.975. The van der Waals surface area contributed by atoms with Crippen LogP contribution in [0.3, 0.4) is 0 Å². The smallest absolute Gasteiger partial charge is 0.133 e. The van der Waals surface area contributed by atoms with E-state index in [0.29, 0.717) is 0 Å². The largest absolute Gasteiger partial charge is 0.362 e. The Bertz CT molecular complexity index is 553. The lowest BCUT2D eigenvalue weighted by molar-refractivity contribution is 0.661. The molecule has 2 aromatic heterocycles. The van der Waals surface area contributed by atoms with Crippen LogP contribution in [0.5, 0.6) is 0 Å². The van der Waals surface area contributed by atoms with Crippen molar-refractivity contribution in [1.29, 1.82) is 0 Å². The maximum atomic E-state index is 4.41. The summed E-state index contributed by atoms with van der Waals surface area (Å²) in [4.78, 5) is 13.2. The molecule has 2 aromatic rings. The van der Waals surface area contributed by atoms with Crippen molar-refractivity contribution in [3.05, 3.63) is 47.7 Å². The van der Waals surface area contributed by atoms with E-state index in [-0.39, 0.29) is 6.04 Å². The molecule has 0 radical (unpaired) electrons. The molecule has 1 N–H and O–H groups in total. The SMILES string of the molecule is CC(Nc1ncnc2c1CCCC2)c1ccccn1. The lowest BCUT2D eigenvalue weighted by Crippen LogP contribution is -2.15. The summed E-state index contributed by atoms with van der Waals surface area (Å²) in [5.41, 5.74) is 3.53. The second-order valence-corrected chi connectivity index (χ2v) is 4.98. The molecule has 4 heteroatoms. The molecule has 4 nitrogen and oxygen atoms in total. The highest BCUT2D eigenvalue weighted by Gasteiger charge is 2.17. The van der Waals surface area contributed by atoms with Crippen molar-refractivity contribution in [2.45, 2.75) is 38.6 Å². The van der Waals surface area contributed by atoms with E-state index in [0.717, 1.165) is 24.4 Å². The number of rotatable bonds is 3. The maximum Gasteiger partial charge on any atom is 0.133 e. The van der Waals surface area contributed by atoms with E-state index in [9.17, 15) is 0 Å². The molecule has 1 unspecified atom stereocenters. The molecule has 1 aliphatic carbocycles. The van der Waals surface area contributed by atoms with Crippen LogP contribution in [0.15, 0.2) is 30.7 Å². The zero-order valence-corrected chi connectivity index (χ0v) is 11.1. The van der Waals surface area contributed by atoms with Crippen LogP contribution in [0.1, 0.15) is 42.8 Å². The highest BCUT2D eigenvalue weighted by Crippen LogP contribution is 2.26. The van der Waals surface area contributed by atoms with E-state index in [1.807, 2.05) is 24.4 Å². The van der Waals surface area contributed by atoms with Gasteiger partial charge in [-0.15, -0.1) is 0 Å². The van der Waals surface area contributed by atoms with Crippen molar-refractivity contribution >= 4 is 5.82 Å². The predicted octanol–water partition coefficient (Wildman–Crippen LogP) is 2.92. The molecule has 1 atom stereocenters. The number of nitrogens with one attached hydrogen (secondary N) is 1. The van der Waals surface area contributed by atoms with Gasteiger partial charge in [0.05, 0.1) is 11.7 Å². The number of hydrogen-bond donors (Lipinski definition) is 1. The van der Waals surface area contributed by atoms with Gasteiger partial charge < -0.3 is 5.32 Å². The number of aromatic nitrogens is 3. The molecular formula is C15H18N4. The molecule has 1 aliphatic rings. The summed E-state index contributed by atoms with van der Waals surface area (Å²) >= 11 is 0. The number of aryl methyl sites for hydroxylation is 1. The lowest BCUT2D eigenvalue weighted by Gasteiger charge is -2.20. The Morgan fingerprint density at radius 2 is 2.00 bits per heavy atom. The van der Waals surface area contributed by atoms with E-state index >= 15 is 0 Å². The van der Waals surface area contributed by atoms with Gasteiger partial charge in [-0.2, -0.15) is 0 Å². The molecule has 0 amide bonds. The van der Waals surface area contributed by atoms with Crippen LogP contribution in [0.4, 0.5) is 5.82 Å². The maximum absolute atomic E-state index is 4.41. The van der Waals surface area contributed by atoms with Crippen LogP contribution < -0.4 is 5.32 Å².